The van der Waals surface area contributed by atoms with Crippen molar-refractivity contribution in [3.63, 3.8) is 0 Å². The van der Waals surface area contributed by atoms with Gasteiger partial charge in [0.05, 0.1) is 11.0 Å². The Kier molecular flexibility index (Phi) is 4.47. The van der Waals surface area contributed by atoms with Gasteiger partial charge in [-0.1, -0.05) is 31.2 Å². The maximum atomic E-state index is 13.9. The van der Waals surface area contributed by atoms with Gasteiger partial charge in [0.2, 0.25) is 0 Å². The molecule has 2 rings (SSSR count). The molecule has 2 aromatic rings. The summed E-state index contributed by atoms with van der Waals surface area (Å²) in [7, 11) is 0. The van der Waals surface area contributed by atoms with Gasteiger partial charge in [-0.05, 0) is 18.6 Å². The molecule has 4 nitrogen and oxygen atoms in total. The van der Waals surface area contributed by atoms with Crippen LogP contribution in [0.2, 0.25) is 0 Å². The first kappa shape index (κ1) is 14.9. The second kappa shape index (κ2) is 6.30. The van der Waals surface area contributed by atoms with Crippen molar-refractivity contribution in [2.24, 2.45) is 0 Å². The number of nitro benzene ring substituents is 1. The number of anilines is 1. The second-order valence-electron chi connectivity index (χ2n) is 4.52. The highest BCUT2D eigenvalue weighted by Gasteiger charge is 2.22. The fourth-order valence-corrected chi connectivity index (χ4v) is 2.14. The molecule has 6 heteroatoms. The Morgan fingerprint density at radius 1 is 1.14 bits per heavy atom. The fraction of sp³-hybridized carbons (Fsp3) is 0.200. The van der Waals surface area contributed by atoms with Crippen LogP contribution in [0.1, 0.15) is 24.9 Å². The first-order valence-electron chi connectivity index (χ1n) is 6.48. The van der Waals surface area contributed by atoms with Crippen LogP contribution in [0.25, 0.3) is 0 Å². The van der Waals surface area contributed by atoms with E-state index < -0.39 is 22.6 Å². The molecule has 0 fully saturated rings. The van der Waals surface area contributed by atoms with Crippen LogP contribution in [0.5, 0.6) is 0 Å². The van der Waals surface area contributed by atoms with E-state index in [1.54, 1.807) is 25.1 Å². The summed E-state index contributed by atoms with van der Waals surface area (Å²) in [6.07, 6.45) is 0.451. The molecule has 0 saturated heterocycles. The maximum absolute atomic E-state index is 13.9. The third-order valence-corrected chi connectivity index (χ3v) is 3.20. The van der Waals surface area contributed by atoms with Crippen LogP contribution < -0.4 is 5.32 Å². The van der Waals surface area contributed by atoms with E-state index >= 15 is 0 Å². The average molecular weight is 292 g/mol. The van der Waals surface area contributed by atoms with Crippen molar-refractivity contribution in [2.45, 2.75) is 19.4 Å². The summed E-state index contributed by atoms with van der Waals surface area (Å²) < 4.78 is 27.7. The molecule has 0 radical (unpaired) electrons. The van der Waals surface area contributed by atoms with Gasteiger partial charge < -0.3 is 5.32 Å². The minimum absolute atomic E-state index is 0.224. The topological polar surface area (TPSA) is 55.2 Å². The summed E-state index contributed by atoms with van der Waals surface area (Å²) in [5, 5.41) is 13.7. The molecule has 1 unspecified atom stereocenters. The van der Waals surface area contributed by atoms with Crippen molar-refractivity contribution in [1.29, 1.82) is 0 Å². The molecule has 0 amide bonds. The zero-order valence-electron chi connectivity index (χ0n) is 11.3. The molecule has 0 spiro atoms. The Labute approximate surface area is 120 Å². The maximum Gasteiger partial charge on any atom is 0.295 e. The van der Waals surface area contributed by atoms with Gasteiger partial charge >= 0.3 is 0 Å². The summed E-state index contributed by atoms with van der Waals surface area (Å²) >= 11 is 0. The Morgan fingerprint density at radius 2 is 1.81 bits per heavy atom. The van der Waals surface area contributed by atoms with Crippen LogP contribution in [-0.2, 0) is 0 Å². The van der Waals surface area contributed by atoms with Crippen molar-refractivity contribution >= 4 is 11.4 Å². The van der Waals surface area contributed by atoms with E-state index in [1.807, 2.05) is 0 Å². The number of hydrogen-bond donors (Lipinski definition) is 1. The molecule has 1 N–H and O–H groups in total. The smallest absolute Gasteiger partial charge is 0.295 e. The van der Waals surface area contributed by atoms with Crippen molar-refractivity contribution in [3.05, 3.63) is 69.8 Å². The third-order valence-electron chi connectivity index (χ3n) is 3.20. The Balaban J connectivity index is 2.40. The molecule has 110 valence electrons. The molecular formula is C15H14F2N2O2. The quantitative estimate of drug-likeness (QED) is 0.655. The molecule has 2 aromatic carbocycles. The van der Waals surface area contributed by atoms with Crippen molar-refractivity contribution in [1.82, 2.24) is 0 Å². The van der Waals surface area contributed by atoms with Crippen LogP contribution in [0.15, 0.2) is 42.5 Å². The predicted molar refractivity (Wildman–Crippen MR) is 76.1 cm³/mol. The number of nitrogens with one attached hydrogen (secondary N) is 1. The monoisotopic (exact) mass is 292 g/mol. The van der Waals surface area contributed by atoms with Crippen LogP contribution in [0.3, 0.4) is 0 Å². The van der Waals surface area contributed by atoms with E-state index in [4.69, 9.17) is 0 Å². The van der Waals surface area contributed by atoms with Gasteiger partial charge in [0, 0.05) is 11.6 Å². The van der Waals surface area contributed by atoms with E-state index in [1.165, 1.54) is 18.2 Å². The van der Waals surface area contributed by atoms with Gasteiger partial charge in [-0.3, -0.25) is 10.1 Å². The van der Waals surface area contributed by atoms with Crippen molar-refractivity contribution < 1.29 is 13.7 Å². The van der Waals surface area contributed by atoms with Gasteiger partial charge in [0.25, 0.3) is 5.69 Å². The second-order valence-corrected chi connectivity index (χ2v) is 4.52. The molecule has 1 atom stereocenters. The Bertz CT molecular complexity index is 662. The van der Waals surface area contributed by atoms with Crippen LogP contribution in [0, 0.1) is 21.7 Å². The molecule has 0 heterocycles. The number of halogens is 2. The summed E-state index contributed by atoms with van der Waals surface area (Å²) in [5.41, 5.74) is -0.250. The van der Waals surface area contributed by atoms with Crippen molar-refractivity contribution in [3.8, 4) is 0 Å². The van der Waals surface area contributed by atoms with E-state index in [0.717, 1.165) is 6.07 Å². The van der Waals surface area contributed by atoms with Gasteiger partial charge in [-0.2, -0.15) is 0 Å². The number of nitro groups is 1. The standard InChI is InChI=1S/C15H14F2N2O2/c1-2-13(10-6-3-4-7-11(10)16)18-15-12(17)8-5-9-14(15)19(20)21/h3-9,13,18H,2H2,1H3. The van der Waals surface area contributed by atoms with Crippen LogP contribution in [-0.4, -0.2) is 4.92 Å². The van der Waals surface area contributed by atoms with Gasteiger partial charge in [0.1, 0.15) is 11.5 Å². The SMILES string of the molecule is CCC(Nc1c(F)cccc1[N+](=O)[O-])c1ccccc1F. The lowest BCUT2D eigenvalue weighted by atomic mass is 10.0. The lowest BCUT2D eigenvalue weighted by Gasteiger charge is -2.19. The zero-order chi connectivity index (χ0) is 15.4. The number of rotatable bonds is 5. The number of nitrogens with zero attached hydrogens (tertiary/aromatic N) is 1. The third kappa shape index (κ3) is 3.16. The Hall–Kier alpha value is -2.50. The van der Waals surface area contributed by atoms with E-state index in [2.05, 4.69) is 5.32 Å². The summed E-state index contributed by atoms with van der Waals surface area (Å²) in [4.78, 5) is 10.3. The molecule has 0 saturated carbocycles. The molecule has 0 aliphatic rings. The first-order chi connectivity index (χ1) is 10.0. The molecular weight excluding hydrogens is 278 g/mol. The molecule has 0 aliphatic carbocycles. The summed E-state index contributed by atoms with van der Waals surface area (Å²) in [5.74, 6) is -1.17. The number of para-hydroxylation sites is 1. The summed E-state index contributed by atoms with van der Waals surface area (Å²) in [6, 6.07) is 9.14. The van der Waals surface area contributed by atoms with E-state index in [-0.39, 0.29) is 11.4 Å². The highest BCUT2D eigenvalue weighted by Crippen LogP contribution is 2.32. The lowest BCUT2D eigenvalue weighted by molar-refractivity contribution is -0.384. The van der Waals surface area contributed by atoms with Gasteiger partial charge in [-0.15, -0.1) is 0 Å². The highest BCUT2D eigenvalue weighted by molar-refractivity contribution is 5.63. The molecule has 21 heavy (non-hydrogen) atoms. The van der Waals surface area contributed by atoms with Crippen LogP contribution in [0.4, 0.5) is 20.2 Å². The van der Waals surface area contributed by atoms with Gasteiger partial charge in [-0.25, -0.2) is 8.78 Å². The van der Waals surface area contributed by atoms with Crippen LogP contribution >= 0.6 is 0 Å². The van der Waals surface area contributed by atoms with Crippen molar-refractivity contribution in [2.75, 3.05) is 5.32 Å². The fourth-order valence-electron chi connectivity index (χ4n) is 2.14. The normalized spacial score (nSPS) is 12.0. The number of benzene rings is 2. The summed E-state index contributed by atoms with van der Waals surface area (Å²) in [6.45, 7) is 1.79. The van der Waals surface area contributed by atoms with Gasteiger partial charge in [0.15, 0.2) is 5.82 Å². The van der Waals surface area contributed by atoms with E-state index in [0.29, 0.717) is 12.0 Å². The molecule has 0 aromatic heterocycles. The molecule has 0 bridgehead atoms. The molecule has 0 aliphatic heterocycles. The Morgan fingerprint density at radius 3 is 2.43 bits per heavy atom. The number of hydrogen-bond acceptors (Lipinski definition) is 3. The van der Waals surface area contributed by atoms with E-state index in [9.17, 15) is 18.9 Å². The highest BCUT2D eigenvalue weighted by atomic mass is 19.1. The zero-order valence-corrected chi connectivity index (χ0v) is 11.3. The lowest BCUT2D eigenvalue weighted by Crippen LogP contribution is -2.13. The minimum atomic E-state index is -0.737. The average Bonchev–Trinajstić information content (AvgIpc) is 2.46. The predicted octanol–water partition coefficient (Wildman–Crippen LogP) is 4.44. The minimum Gasteiger partial charge on any atom is -0.370 e. The first-order valence-corrected chi connectivity index (χ1v) is 6.48. The largest absolute Gasteiger partial charge is 0.370 e.